The molecule has 0 aliphatic heterocycles. The van der Waals surface area contributed by atoms with Crippen molar-refractivity contribution >= 4 is 38.3 Å². The van der Waals surface area contributed by atoms with Crippen molar-refractivity contribution in [2.75, 3.05) is 4.90 Å². The van der Waals surface area contributed by atoms with Crippen LogP contribution in [0.2, 0.25) is 0 Å². The van der Waals surface area contributed by atoms with E-state index in [1.165, 1.54) is 12.1 Å². The normalized spacial score (nSPS) is 11.3. The van der Waals surface area contributed by atoms with Gasteiger partial charge in [0.25, 0.3) is 15.9 Å². The number of fused-ring (bicyclic) bond motifs is 1. The number of sulfonamides is 1. The van der Waals surface area contributed by atoms with E-state index in [1.807, 2.05) is 36.4 Å². The molecule has 7 nitrogen and oxygen atoms in total. The lowest BCUT2D eigenvalue weighted by atomic mass is 10.1. The van der Waals surface area contributed by atoms with Crippen molar-refractivity contribution in [3.05, 3.63) is 121 Å². The summed E-state index contributed by atoms with van der Waals surface area (Å²) < 4.78 is 32.8. The fraction of sp³-hybridized carbons (Fsp3) is 0.0370. The molecule has 0 saturated carbocycles. The summed E-state index contributed by atoms with van der Waals surface area (Å²) in [5.41, 5.74) is 3.76. The molecule has 0 unspecified atom stereocenters. The van der Waals surface area contributed by atoms with Gasteiger partial charge in [-0.1, -0.05) is 30.3 Å². The largest absolute Gasteiger partial charge is 0.464 e. The molecule has 3 aromatic carbocycles. The highest BCUT2D eigenvalue weighted by atomic mass is 32.2. The fourth-order valence-corrected chi connectivity index (χ4v) is 4.83. The summed E-state index contributed by atoms with van der Waals surface area (Å²) in [6.07, 6.45) is 5.18. The van der Waals surface area contributed by atoms with Crippen molar-refractivity contribution in [1.82, 2.24) is 9.71 Å². The first-order chi connectivity index (χ1) is 17.0. The van der Waals surface area contributed by atoms with Crippen molar-refractivity contribution in [1.29, 1.82) is 0 Å². The van der Waals surface area contributed by atoms with Crippen LogP contribution >= 0.6 is 0 Å². The molecule has 0 aliphatic carbocycles. The summed E-state index contributed by atoms with van der Waals surface area (Å²) in [4.78, 5) is 19.0. The molecule has 8 heteroatoms. The van der Waals surface area contributed by atoms with E-state index < -0.39 is 15.9 Å². The molecule has 2 aromatic heterocycles. The minimum atomic E-state index is -3.96. The Bertz CT molecular complexity index is 1570. The topological polar surface area (TPSA) is 92.5 Å². The first kappa shape index (κ1) is 22.4. The van der Waals surface area contributed by atoms with Crippen molar-refractivity contribution in [2.24, 2.45) is 0 Å². The zero-order valence-electron chi connectivity index (χ0n) is 18.5. The molecule has 0 bridgehead atoms. The van der Waals surface area contributed by atoms with Gasteiger partial charge in [-0.2, -0.15) is 0 Å². The van der Waals surface area contributed by atoms with Gasteiger partial charge in [-0.3, -0.25) is 9.78 Å². The molecule has 0 radical (unpaired) electrons. The molecule has 0 aliphatic rings. The molecule has 0 spiro atoms. The van der Waals surface area contributed by atoms with E-state index in [-0.39, 0.29) is 10.5 Å². The van der Waals surface area contributed by atoms with E-state index in [4.69, 9.17) is 4.42 Å². The Morgan fingerprint density at radius 1 is 0.886 bits per heavy atom. The Labute approximate surface area is 202 Å². The SMILES string of the molecule is O=C(NS(=O)(=O)c1ccccc1)c1ccc(N(Cc2cccnc2)c2cccc3occc23)cc1. The average molecular weight is 484 g/mol. The van der Waals surface area contributed by atoms with Gasteiger partial charge >= 0.3 is 0 Å². The fourth-order valence-electron chi connectivity index (χ4n) is 3.84. The second-order valence-corrected chi connectivity index (χ2v) is 9.53. The van der Waals surface area contributed by atoms with Gasteiger partial charge < -0.3 is 9.32 Å². The highest BCUT2D eigenvalue weighted by molar-refractivity contribution is 7.90. The number of carbonyl (C=O) groups excluding carboxylic acids is 1. The molecule has 1 amide bonds. The van der Waals surface area contributed by atoms with Crippen LogP contribution in [-0.2, 0) is 16.6 Å². The molecule has 0 atom stereocenters. The predicted octanol–water partition coefficient (Wildman–Crippen LogP) is 5.28. The highest BCUT2D eigenvalue weighted by Crippen LogP contribution is 2.34. The predicted molar refractivity (Wildman–Crippen MR) is 134 cm³/mol. The molecular weight excluding hydrogens is 462 g/mol. The summed E-state index contributed by atoms with van der Waals surface area (Å²) >= 11 is 0. The zero-order valence-corrected chi connectivity index (χ0v) is 19.4. The molecule has 5 aromatic rings. The lowest BCUT2D eigenvalue weighted by Crippen LogP contribution is -2.30. The maximum atomic E-state index is 12.7. The number of anilines is 2. The van der Waals surface area contributed by atoms with E-state index in [1.54, 1.807) is 61.1 Å². The first-order valence-electron chi connectivity index (χ1n) is 10.9. The Hall–Kier alpha value is -4.43. The number of nitrogens with zero attached hydrogens (tertiary/aromatic N) is 2. The number of hydrogen-bond acceptors (Lipinski definition) is 6. The summed E-state index contributed by atoms with van der Waals surface area (Å²) in [6, 6.07) is 26.2. The van der Waals surface area contributed by atoms with Crippen LogP contribution in [0.5, 0.6) is 0 Å². The van der Waals surface area contributed by atoms with Crippen LogP contribution in [0.4, 0.5) is 11.4 Å². The Kier molecular flexibility index (Phi) is 6.03. The molecule has 0 fully saturated rings. The second kappa shape index (κ2) is 9.44. The van der Waals surface area contributed by atoms with Gasteiger partial charge in [0.1, 0.15) is 5.58 Å². The van der Waals surface area contributed by atoms with E-state index in [0.717, 1.165) is 27.9 Å². The van der Waals surface area contributed by atoms with E-state index >= 15 is 0 Å². The van der Waals surface area contributed by atoms with Crippen LogP contribution in [0.15, 0.2) is 119 Å². The summed E-state index contributed by atoms with van der Waals surface area (Å²) in [7, 11) is -3.96. The van der Waals surface area contributed by atoms with Gasteiger partial charge in [0.2, 0.25) is 0 Å². The van der Waals surface area contributed by atoms with Crippen LogP contribution < -0.4 is 9.62 Å². The summed E-state index contributed by atoms with van der Waals surface area (Å²) in [5, 5.41) is 0.951. The summed E-state index contributed by atoms with van der Waals surface area (Å²) in [5.74, 6) is -0.698. The number of pyridine rings is 1. The number of amides is 1. The average Bonchev–Trinajstić information content (AvgIpc) is 3.38. The number of carbonyl (C=O) groups is 1. The third kappa shape index (κ3) is 4.78. The Morgan fingerprint density at radius 3 is 2.43 bits per heavy atom. The minimum Gasteiger partial charge on any atom is -0.464 e. The third-order valence-electron chi connectivity index (χ3n) is 5.55. The van der Waals surface area contributed by atoms with E-state index in [2.05, 4.69) is 14.6 Å². The number of hydrogen-bond donors (Lipinski definition) is 1. The van der Waals surface area contributed by atoms with Crippen LogP contribution in [0.25, 0.3) is 11.0 Å². The first-order valence-corrected chi connectivity index (χ1v) is 12.3. The van der Waals surface area contributed by atoms with Gasteiger partial charge in [0, 0.05) is 35.6 Å². The molecule has 174 valence electrons. The van der Waals surface area contributed by atoms with Crippen LogP contribution in [0, 0.1) is 0 Å². The lowest BCUT2D eigenvalue weighted by molar-refractivity contribution is 0.0981. The van der Waals surface area contributed by atoms with Crippen molar-refractivity contribution in [3.8, 4) is 0 Å². The Morgan fingerprint density at radius 2 is 1.69 bits per heavy atom. The summed E-state index contributed by atoms with van der Waals surface area (Å²) in [6.45, 7) is 0.534. The zero-order chi connectivity index (χ0) is 24.3. The maximum Gasteiger partial charge on any atom is 0.264 e. The van der Waals surface area contributed by atoms with Gasteiger partial charge in [-0.05, 0) is 66.2 Å². The number of rotatable bonds is 7. The lowest BCUT2D eigenvalue weighted by Gasteiger charge is -2.26. The van der Waals surface area contributed by atoms with Gasteiger partial charge in [0.15, 0.2) is 0 Å². The molecule has 35 heavy (non-hydrogen) atoms. The van der Waals surface area contributed by atoms with Gasteiger partial charge in [0.05, 0.1) is 16.8 Å². The monoisotopic (exact) mass is 483 g/mol. The van der Waals surface area contributed by atoms with Crippen LogP contribution in [0.3, 0.4) is 0 Å². The number of furan rings is 1. The van der Waals surface area contributed by atoms with Crippen molar-refractivity contribution in [2.45, 2.75) is 11.4 Å². The third-order valence-corrected chi connectivity index (χ3v) is 6.90. The molecule has 2 heterocycles. The van der Waals surface area contributed by atoms with Crippen LogP contribution in [-0.4, -0.2) is 19.3 Å². The number of aromatic nitrogens is 1. The van der Waals surface area contributed by atoms with Crippen LogP contribution in [0.1, 0.15) is 15.9 Å². The Balaban J connectivity index is 1.45. The number of benzene rings is 3. The van der Waals surface area contributed by atoms with Crippen molar-refractivity contribution in [3.63, 3.8) is 0 Å². The molecular formula is C27H21N3O4S. The smallest absolute Gasteiger partial charge is 0.264 e. The minimum absolute atomic E-state index is 0.0285. The van der Waals surface area contributed by atoms with E-state index in [0.29, 0.717) is 6.54 Å². The van der Waals surface area contributed by atoms with Gasteiger partial charge in [-0.15, -0.1) is 0 Å². The highest BCUT2D eigenvalue weighted by Gasteiger charge is 2.19. The quantitative estimate of drug-likeness (QED) is 0.338. The van der Waals surface area contributed by atoms with Crippen molar-refractivity contribution < 1.29 is 17.6 Å². The standard InChI is InChI=1S/C27H21N3O4S/c31-27(29-35(32,33)23-7-2-1-3-8-23)21-11-13-22(14-12-21)30(19-20-6-5-16-28-18-20)25-9-4-10-26-24(25)15-17-34-26/h1-18H,19H2,(H,29,31). The second-order valence-electron chi connectivity index (χ2n) is 7.85. The molecule has 1 N–H and O–H groups in total. The molecule has 0 saturated heterocycles. The number of nitrogens with one attached hydrogen (secondary N) is 1. The van der Waals surface area contributed by atoms with Gasteiger partial charge in [-0.25, -0.2) is 13.1 Å². The van der Waals surface area contributed by atoms with E-state index in [9.17, 15) is 13.2 Å². The maximum absolute atomic E-state index is 12.7. The molecule has 5 rings (SSSR count).